The van der Waals surface area contributed by atoms with E-state index in [4.69, 9.17) is 0 Å². The Labute approximate surface area is 145 Å². The summed E-state index contributed by atoms with van der Waals surface area (Å²) in [6.07, 6.45) is 3.03. The molecule has 0 saturated heterocycles. The van der Waals surface area contributed by atoms with Crippen LogP contribution >= 0.6 is 0 Å². The van der Waals surface area contributed by atoms with Gasteiger partial charge in [0, 0.05) is 22.7 Å². The molecule has 0 heterocycles. The Bertz CT molecular complexity index is 608. The van der Waals surface area contributed by atoms with Gasteiger partial charge in [-0.2, -0.15) is 0 Å². The van der Waals surface area contributed by atoms with Crippen molar-refractivity contribution in [1.29, 1.82) is 0 Å². The van der Waals surface area contributed by atoms with Crippen LogP contribution in [0, 0.1) is 34.0 Å². The van der Waals surface area contributed by atoms with Gasteiger partial charge in [-0.15, -0.1) is 0 Å². The van der Waals surface area contributed by atoms with Gasteiger partial charge < -0.3 is 5.11 Å². The lowest BCUT2D eigenvalue weighted by Gasteiger charge is -2.59. The molecular formula is C21H32O3. The molecule has 1 N–H and O–H groups in total. The van der Waals surface area contributed by atoms with Gasteiger partial charge >= 0.3 is 0 Å². The molecule has 0 aromatic heterocycles. The van der Waals surface area contributed by atoms with E-state index in [9.17, 15) is 14.7 Å². The van der Waals surface area contributed by atoms with Crippen molar-refractivity contribution < 1.29 is 14.7 Å². The number of carbonyl (C=O) groups excluding carboxylic acids is 2. The number of hydrogen-bond donors (Lipinski definition) is 1. The Balaban J connectivity index is 2.25. The summed E-state index contributed by atoms with van der Waals surface area (Å²) in [5, 5.41) is 11.2. The van der Waals surface area contributed by atoms with E-state index in [1.165, 1.54) is 0 Å². The lowest BCUT2D eigenvalue weighted by Crippen LogP contribution is -2.61. The number of aliphatic hydroxyl groups excluding tert-OH is 1. The summed E-state index contributed by atoms with van der Waals surface area (Å²) in [5.74, 6) is 0.171. The molecule has 24 heavy (non-hydrogen) atoms. The van der Waals surface area contributed by atoms with Crippen molar-refractivity contribution in [1.82, 2.24) is 0 Å². The Morgan fingerprint density at radius 2 is 1.88 bits per heavy atom. The first-order valence-electron chi connectivity index (χ1n) is 9.49. The van der Waals surface area contributed by atoms with E-state index in [2.05, 4.69) is 20.4 Å². The van der Waals surface area contributed by atoms with E-state index in [1.807, 2.05) is 20.8 Å². The zero-order valence-corrected chi connectivity index (χ0v) is 15.8. The number of allylic oxidation sites excluding steroid dienone is 1. The SMILES string of the molecule is C=C1C[C@@]23CC[C@@H](C)[C@@](C)([C@H](O)C[C@@](C)(CC)C(=O)[C@@H]2C)[C@@H]3C1=O. The van der Waals surface area contributed by atoms with Crippen LogP contribution in [0.5, 0.6) is 0 Å². The summed E-state index contributed by atoms with van der Waals surface area (Å²) in [6.45, 7) is 14.4. The van der Waals surface area contributed by atoms with Crippen LogP contribution in [0.1, 0.15) is 66.7 Å². The number of ketones is 2. The fourth-order valence-electron chi connectivity index (χ4n) is 6.26. The van der Waals surface area contributed by atoms with Crippen LogP contribution in [-0.2, 0) is 9.59 Å². The molecule has 3 rings (SSSR count). The normalized spacial score (nSPS) is 52.0. The van der Waals surface area contributed by atoms with E-state index in [0.29, 0.717) is 18.4 Å². The highest BCUT2D eigenvalue weighted by Crippen LogP contribution is 2.67. The summed E-state index contributed by atoms with van der Waals surface area (Å²) in [4.78, 5) is 26.5. The van der Waals surface area contributed by atoms with Crippen LogP contribution in [0.2, 0.25) is 0 Å². The molecule has 0 aromatic carbocycles. The molecular weight excluding hydrogens is 300 g/mol. The number of Topliss-reactive ketones (excluding diaryl/α,β-unsaturated/α-hetero) is 2. The zero-order chi connectivity index (χ0) is 18.1. The summed E-state index contributed by atoms with van der Waals surface area (Å²) in [7, 11) is 0. The molecule has 3 fully saturated rings. The van der Waals surface area contributed by atoms with Crippen LogP contribution < -0.4 is 0 Å². The van der Waals surface area contributed by atoms with Crippen molar-refractivity contribution in [2.24, 2.45) is 34.0 Å². The van der Waals surface area contributed by atoms with Crippen molar-refractivity contribution in [2.75, 3.05) is 0 Å². The molecule has 3 aliphatic rings. The van der Waals surface area contributed by atoms with Gasteiger partial charge in [0.25, 0.3) is 0 Å². The molecule has 0 amide bonds. The smallest absolute Gasteiger partial charge is 0.162 e. The van der Waals surface area contributed by atoms with Crippen molar-refractivity contribution in [3.8, 4) is 0 Å². The third-order valence-electron chi connectivity index (χ3n) is 8.45. The second kappa shape index (κ2) is 5.27. The summed E-state index contributed by atoms with van der Waals surface area (Å²) in [5.41, 5.74) is -0.667. The first-order valence-corrected chi connectivity index (χ1v) is 9.49. The molecule has 0 radical (unpaired) electrons. The Morgan fingerprint density at radius 3 is 2.46 bits per heavy atom. The molecule has 0 unspecified atom stereocenters. The second-order valence-corrected chi connectivity index (χ2v) is 9.34. The standard InChI is InChI=1S/C21H32O3/c1-7-19(5)11-15(22)20(6)13(3)8-9-21(14(4)18(19)24)10-12(2)16(23)17(20)21/h13-15,17,22H,2,7-11H2,1,3-6H3/t13-,14+,15-,17+,19-,20+,21+/m1/s1. The van der Waals surface area contributed by atoms with Crippen LogP contribution in [0.3, 0.4) is 0 Å². The van der Waals surface area contributed by atoms with E-state index in [-0.39, 0.29) is 34.7 Å². The van der Waals surface area contributed by atoms with E-state index < -0.39 is 16.9 Å². The Kier molecular flexibility index (Phi) is 3.92. The van der Waals surface area contributed by atoms with Gasteiger partial charge in [-0.05, 0) is 49.0 Å². The fraction of sp³-hybridized carbons (Fsp3) is 0.810. The van der Waals surface area contributed by atoms with Crippen molar-refractivity contribution in [3.05, 3.63) is 12.2 Å². The number of rotatable bonds is 1. The highest BCUT2D eigenvalue weighted by molar-refractivity contribution is 6.02. The third kappa shape index (κ3) is 1.94. The molecule has 7 atom stereocenters. The number of hydrogen-bond acceptors (Lipinski definition) is 3. The molecule has 0 spiro atoms. The average Bonchev–Trinajstić information content (AvgIpc) is 2.81. The molecule has 3 saturated carbocycles. The quantitative estimate of drug-likeness (QED) is 0.740. The Morgan fingerprint density at radius 1 is 1.25 bits per heavy atom. The molecule has 0 aliphatic heterocycles. The average molecular weight is 332 g/mol. The van der Waals surface area contributed by atoms with Gasteiger partial charge in [-0.3, -0.25) is 9.59 Å². The maximum absolute atomic E-state index is 13.4. The van der Waals surface area contributed by atoms with Crippen LogP contribution in [0.4, 0.5) is 0 Å². The van der Waals surface area contributed by atoms with E-state index in [0.717, 1.165) is 19.3 Å². The first kappa shape index (κ1) is 17.8. The monoisotopic (exact) mass is 332 g/mol. The van der Waals surface area contributed by atoms with Gasteiger partial charge in [0.15, 0.2) is 5.78 Å². The first-order chi connectivity index (χ1) is 11.0. The van der Waals surface area contributed by atoms with Crippen molar-refractivity contribution >= 4 is 11.6 Å². The lowest BCUT2D eigenvalue weighted by molar-refractivity contribution is -0.179. The minimum atomic E-state index is -0.631. The third-order valence-corrected chi connectivity index (χ3v) is 8.45. The number of carbonyl (C=O) groups is 2. The van der Waals surface area contributed by atoms with Crippen molar-refractivity contribution in [2.45, 2.75) is 72.8 Å². The van der Waals surface area contributed by atoms with E-state index in [1.54, 1.807) is 0 Å². The van der Waals surface area contributed by atoms with Gasteiger partial charge in [0.05, 0.1) is 6.10 Å². The molecule has 2 bridgehead atoms. The lowest BCUT2D eigenvalue weighted by atomic mass is 9.44. The molecule has 3 heteroatoms. The zero-order valence-electron chi connectivity index (χ0n) is 15.8. The van der Waals surface area contributed by atoms with Gasteiger partial charge in [-0.1, -0.05) is 41.2 Å². The fourth-order valence-corrected chi connectivity index (χ4v) is 6.26. The van der Waals surface area contributed by atoms with Gasteiger partial charge in [0.2, 0.25) is 0 Å². The van der Waals surface area contributed by atoms with Crippen LogP contribution in [-0.4, -0.2) is 22.8 Å². The highest BCUT2D eigenvalue weighted by Gasteiger charge is 2.68. The van der Waals surface area contributed by atoms with Crippen LogP contribution in [0.15, 0.2) is 12.2 Å². The Hall–Kier alpha value is -0.960. The maximum Gasteiger partial charge on any atom is 0.162 e. The van der Waals surface area contributed by atoms with E-state index >= 15 is 0 Å². The molecule has 0 aromatic rings. The molecule has 134 valence electrons. The molecule has 3 aliphatic carbocycles. The molecule has 3 nitrogen and oxygen atoms in total. The minimum absolute atomic E-state index is 0.0999. The topological polar surface area (TPSA) is 54.4 Å². The van der Waals surface area contributed by atoms with Gasteiger partial charge in [-0.25, -0.2) is 0 Å². The predicted molar refractivity (Wildman–Crippen MR) is 94.4 cm³/mol. The largest absolute Gasteiger partial charge is 0.392 e. The maximum atomic E-state index is 13.4. The highest BCUT2D eigenvalue weighted by atomic mass is 16.3. The summed E-state index contributed by atoms with van der Waals surface area (Å²) >= 11 is 0. The predicted octanol–water partition coefficient (Wildman–Crippen LogP) is 3.94. The van der Waals surface area contributed by atoms with Crippen molar-refractivity contribution in [3.63, 3.8) is 0 Å². The summed E-state index contributed by atoms with van der Waals surface area (Å²) in [6, 6.07) is 0. The van der Waals surface area contributed by atoms with Gasteiger partial charge in [0.1, 0.15) is 5.78 Å². The summed E-state index contributed by atoms with van der Waals surface area (Å²) < 4.78 is 0. The minimum Gasteiger partial charge on any atom is -0.392 e. The van der Waals surface area contributed by atoms with Crippen LogP contribution in [0.25, 0.3) is 0 Å². The second-order valence-electron chi connectivity index (χ2n) is 9.34. The number of aliphatic hydroxyl groups is 1.